The molecule has 25 heavy (non-hydrogen) atoms. The Morgan fingerprint density at radius 2 is 1.88 bits per heavy atom. The van der Waals surface area contributed by atoms with Gasteiger partial charge in [-0.3, -0.25) is 4.79 Å². The first-order valence-corrected chi connectivity index (χ1v) is 9.31. The molecule has 0 N–H and O–H groups in total. The van der Waals surface area contributed by atoms with Gasteiger partial charge in [0.25, 0.3) is 0 Å². The van der Waals surface area contributed by atoms with Crippen molar-refractivity contribution in [2.24, 2.45) is 0 Å². The minimum Gasteiger partial charge on any atom is -0.338 e. The molecule has 2 saturated heterocycles. The summed E-state index contributed by atoms with van der Waals surface area (Å²) >= 11 is 0. The SMILES string of the molecule is CN1CCC[C@H]1[C@@H]1CCCN1C(=O)Cc1ccc(-n2cccn2)cc1. The fourth-order valence-electron chi connectivity index (χ4n) is 4.39. The molecule has 5 nitrogen and oxygen atoms in total. The lowest BCUT2D eigenvalue weighted by Crippen LogP contribution is -2.47. The Balaban J connectivity index is 1.42. The number of nitrogens with zero attached hydrogens (tertiary/aromatic N) is 4. The van der Waals surface area contributed by atoms with Gasteiger partial charge in [-0.05, 0) is 63.0 Å². The van der Waals surface area contributed by atoms with Crippen LogP contribution < -0.4 is 0 Å². The summed E-state index contributed by atoms with van der Waals surface area (Å²) < 4.78 is 1.83. The van der Waals surface area contributed by atoms with Crippen molar-refractivity contribution < 1.29 is 4.79 Å². The number of carbonyl (C=O) groups excluding carboxylic acids is 1. The van der Waals surface area contributed by atoms with Gasteiger partial charge >= 0.3 is 0 Å². The number of carbonyl (C=O) groups is 1. The first-order valence-electron chi connectivity index (χ1n) is 9.31. The Labute approximate surface area is 149 Å². The predicted molar refractivity (Wildman–Crippen MR) is 97.7 cm³/mol. The van der Waals surface area contributed by atoms with E-state index in [4.69, 9.17) is 0 Å². The first kappa shape index (κ1) is 16.3. The maximum Gasteiger partial charge on any atom is 0.227 e. The van der Waals surface area contributed by atoms with Gasteiger partial charge in [-0.25, -0.2) is 4.68 Å². The number of rotatable bonds is 4. The molecule has 2 aliphatic heterocycles. The molecule has 0 bridgehead atoms. The molecule has 2 atom stereocenters. The van der Waals surface area contributed by atoms with Crippen molar-refractivity contribution in [1.82, 2.24) is 19.6 Å². The number of likely N-dealkylation sites (tertiary alicyclic amines) is 2. The highest BCUT2D eigenvalue weighted by Gasteiger charge is 2.38. The number of benzene rings is 1. The normalized spacial score (nSPS) is 24.1. The summed E-state index contributed by atoms with van der Waals surface area (Å²) in [6.07, 6.45) is 8.96. The molecule has 0 spiro atoms. The smallest absolute Gasteiger partial charge is 0.227 e. The second-order valence-electron chi connectivity index (χ2n) is 7.28. The Kier molecular flexibility index (Phi) is 4.57. The average Bonchev–Trinajstić information content (AvgIpc) is 3.36. The van der Waals surface area contributed by atoms with Crippen molar-refractivity contribution in [3.63, 3.8) is 0 Å². The second-order valence-corrected chi connectivity index (χ2v) is 7.28. The molecule has 0 saturated carbocycles. The largest absolute Gasteiger partial charge is 0.338 e. The molecule has 0 aliphatic carbocycles. The maximum atomic E-state index is 12.9. The number of hydrogen-bond acceptors (Lipinski definition) is 3. The molecule has 1 amide bonds. The Bertz CT molecular complexity index is 710. The van der Waals surface area contributed by atoms with Crippen LogP contribution in [0.25, 0.3) is 5.69 Å². The topological polar surface area (TPSA) is 41.4 Å². The van der Waals surface area contributed by atoms with E-state index in [2.05, 4.69) is 21.9 Å². The van der Waals surface area contributed by atoms with E-state index in [-0.39, 0.29) is 5.91 Å². The molecule has 2 aromatic rings. The summed E-state index contributed by atoms with van der Waals surface area (Å²) in [7, 11) is 2.20. The fourth-order valence-corrected chi connectivity index (χ4v) is 4.39. The van der Waals surface area contributed by atoms with E-state index in [1.807, 2.05) is 41.2 Å². The third kappa shape index (κ3) is 3.33. The lowest BCUT2D eigenvalue weighted by molar-refractivity contribution is -0.132. The van der Waals surface area contributed by atoms with E-state index in [1.165, 1.54) is 12.8 Å². The van der Waals surface area contributed by atoms with Crippen LogP contribution >= 0.6 is 0 Å². The third-order valence-corrected chi connectivity index (χ3v) is 5.70. The van der Waals surface area contributed by atoms with Crippen LogP contribution in [0.1, 0.15) is 31.2 Å². The number of likely N-dealkylation sites (N-methyl/N-ethyl adjacent to an activating group) is 1. The molecule has 2 fully saturated rings. The van der Waals surface area contributed by atoms with Gasteiger partial charge in [-0.1, -0.05) is 12.1 Å². The Hall–Kier alpha value is -2.14. The van der Waals surface area contributed by atoms with E-state index >= 15 is 0 Å². The van der Waals surface area contributed by atoms with E-state index in [0.717, 1.165) is 37.2 Å². The monoisotopic (exact) mass is 338 g/mol. The zero-order valence-electron chi connectivity index (χ0n) is 14.8. The zero-order chi connectivity index (χ0) is 17.2. The molecule has 1 aromatic heterocycles. The van der Waals surface area contributed by atoms with Gasteiger partial charge in [0.1, 0.15) is 0 Å². The lowest BCUT2D eigenvalue weighted by atomic mass is 10.0. The van der Waals surface area contributed by atoms with E-state index in [1.54, 1.807) is 6.20 Å². The average molecular weight is 338 g/mol. The van der Waals surface area contributed by atoms with E-state index in [0.29, 0.717) is 18.5 Å². The minimum absolute atomic E-state index is 0.273. The maximum absolute atomic E-state index is 12.9. The van der Waals surface area contributed by atoms with Crippen molar-refractivity contribution in [2.45, 2.75) is 44.2 Å². The van der Waals surface area contributed by atoms with Crippen LogP contribution in [0.5, 0.6) is 0 Å². The van der Waals surface area contributed by atoms with Gasteiger partial charge in [0, 0.05) is 31.0 Å². The molecule has 0 radical (unpaired) electrons. The van der Waals surface area contributed by atoms with Crippen LogP contribution in [0.3, 0.4) is 0 Å². The van der Waals surface area contributed by atoms with Crippen LogP contribution in [0.15, 0.2) is 42.7 Å². The second kappa shape index (κ2) is 7.00. The van der Waals surface area contributed by atoms with Crippen molar-refractivity contribution in [2.75, 3.05) is 20.1 Å². The van der Waals surface area contributed by atoms with Crippen LogP contribution in [-0.4, -0.2) is 57.7 Å². The predicted octanol–water partition coefficient (Wildman–Crippen LogP) is 2.50. The van der Waals surface area contributed by atoms with Crippen LogP contribution in [0, 0.1) is 0 Å². The van der Waals surface area contributed by atoms with Gasteiger partial charge in [0.2, 0.25) is 5.91 Å². The Morgan fingerprint density at radius 1 is 1.12 bits per heavy atom. The highest BCUT2D eigenvalue weighted by atomic mass is 16.2. The molecular formula is C20H26N4O. The first-order chi connectivity index (χ1) is 12.2. The van der Waals surface area contributed by atoms with E-state index < -0.39 is 0 Å². The van der Waals surface area contributed by atoms with Crippen LogP contribution in [-0.2, 0) is 11.2 Å². The molecule has 3 heterocycles. The molecule has 2 aliphatic rings. The number of hydrogen-bond donors (Lipinski definition) is 0. The molecular weight excluding hydrogens is 312 g/mol. The van der Waals surface area contributed by atoms with E-state index in [9.17, 15) is 4.79 Å². The van der Waals surface area contributed by atoms with Crippen molar-refractivity contribution >= 4 is 5.91 Å². The standard InChI is InChI=1S/C20H26N4O/c1-22-12-2-5-18(22)19-6-3-13-23(19)20(25)15-16-7-9-17(10-8-16)24-14-4-11-21-24/h4,7-11,14,18-19H,2-3,5-6,12-13,15H2,1H3/t18-,19-/m0/s1. The highest BCUT2D eigenvalue weighted by molar-refractivity contribution is 5.79. The summed E-state index contributed by atoms with van der Waals surface area (Å²) in [5.74, 6) is 0.273. The zero-order valence-corrected chi connectivity index (χ0v) is 14.8. The summed E-state index contributed by atoms with van der Waals surface area (Å²) in [5.41, 5.74) is 2.10. The molecule has 0 unspecified atom stereocenters. The summed E-state index contributed by atoms with van der Waals surface area (Å²) in [6.45, 7) is 2.08. The molecule has 132 valence electrons. The quantitative estimate of drug-likeness (QED) is 0.860. The number of aromatic nitrogens is 2. The van der Waals surface area contributed by atoms with Crippen molar-refractivity contribution in [3.8, 4) is 5.69 Å². The minimum atomic E-state index is 0.273. The molecule has 5 heteroatoms. The van der Waals surface area contributed by atoms with Crippen molar-refractivity contribution in [3.05, 3.63) is 48.3 Å². The molecule has 1 aromatic carbocycles. The summed E-state index contributed by atoms with van der Waals surface area (Å²) in [6, 6.07) is 11.0. The summed E-state index contributed by atoms with van der Waals surface area (Å²) in [5, 5.41) is 4.24. The van der Waals surface area contributed by atoms with Crippen LogP contribution in [0.2, 0.25) is 0 Å². The summed E-state index contributed by atoms with van der Waals surface area (Å²) in [4.78, 5) is 17.5. The van der Waals surface area contributed by atoms with Gasteiger partial charge < -0.3 is 9.80 Å². The fraction of sp³-hybridized carbons (Fsp3) is 0.500. The number of amides is 1. The molecule has 4 rings (SSSR count). The van der Waals surface area contributed by atoms with Gasteiger partial charge in [0.05, 0.1) is 12.1 Å². The Morgan fingerprint density at radius 3 is 2.56 bits per heavy atom. The highest BCUT2D eigenvalue weighted by Crippen LogP contribution is 2.29. The van der Waals surface area contributed by atoms with Gasteiger partial charge in [-0.2, -0.15) is 5.10 Å². The van der Waals surface area contributed by atoms with Crippen LogP contribution in [0.4, 0.5) is 0 Å². The van der Waals surface area contributed by atoms with Crippen molar-refractivity contribution in [1.29, 1.82) is 0 Å². The lowest BCUT2D eigenvalue weighted by Gasteiger charge is -2.33. The third-order valence-electron chi connectivity index (χ3n) is 5.70. The van der Waals surface area contributed by atoms with Gasteiger partial charge in [0.15, 0.2) is 0 Å². The van der Waals surface area contributed by atoms with Gasteiger partial charge in [-0.15, -0.1) is 0 Å².